The van der Waals surface area contributed by atoms with Crippen LogP contribution in [0.5, 0.6) is 0 Å². The van der Waals surface area contributed by atoms with Gasteiger partial charge in [-0.1, -0.05) is 113 Å². The molecule has 1 N–H and O–H groups in total. The molecule has 0 aromatic carbocycles. The molecule has 4 heteroatoms. The molecule has 37 heavy (non-hydrogen) atoms. The molecule has 0 aromatic rings. The van der Waals surface area contributed by atoms with Gasteiger partial charge in [-0.2, -0.15) is 0 Å². The Morgan fingerprint density at radius 1 is 0.676 bits per heavy atom. The summed E-state index contributed by atoms with van der Waals surface area (Å²) in [5.41, 5.74) is 0. The molecule has 0 saturated heterocycles. The van der Waals surface area contributed by atoms with Gasteiger partial charge in [0, 0.05) is 13.0 Å². The lowest BCUT2D eigenvalue weighted by Gasteiger charge is -2.15. The predicted octanol–water partition coefficient (Wildman–Crippen LogP) is 8.97. The quantitative estimate of drug-likeness (QED) is 0.0708. The van der Waals surface area contributed by atoms with Gasteiger partial charge in [-0.3, -0.25) is 4.79 Å². The highest BCUT2D eigenvalue weighted by molar-refractivity contribution is 5.69. The van der Waals surface area contributed by atoms with Crippen molar-refractivity contribution in [3.05, 3.63) is 60.8 Å². The van der Waals surface area contributed by atoms with Crippen LogP contribution >= 0.6 is 0 Å². The van der Waals surface area contributed by atoms with Crippen molar-refractivity contribution in [3.8, 4) is 0 Å². The van der Waals surface area contributed by atoms with Crippen LogP contribution in [0.2, 0.25) is 0 Å². The lowest BCUT2D eigenvalue weighted by Crippen LogP contribution is -2.27. The molecule has 0 heterocycles. The van der Waals surface area contributed by atoms with Crippen molar-refractivity contribution in [2.75, 3.05) is 19.8 Å². The molecule has 0 aliphatic carbocycles. The van der Waals surface area contributed by atoms with Gasteiger partial charge in [-0.25, -0.2) is 0 Å². The maximum atomic E-state index is 12.0. The van der Waals surface area contributed by atoms with E-state index in [1.807, 2.05) is 6.08 Å². The summed E-state index contributed by atoms with van der Waals surface area (Å²) in [7, 11) is 0. The van der Waals surface area contributed by atoms with Gasteiger partial charge >= 0.3 is 5.97 Å². The second-order valence-electron chi connectivity index (χ2n) is 9.43. The number of ether oxygens (including phenoxy) is 2. The van der Waals surface area contributed by atoms with Crippen molar-refractivity contribution < 1.29 is 19.4 Å². The summed E-state index contributed by atoms with van der Waals surface area (Å²) in [4.78, 5) is 12.0. The van der Waals surface area contributed by atoms with Gasteiger partial charge in [0.2, 0.25) is 0 Å². The number of carbonyl (C=O) groups excluding carboxylic acids is 1. The van der Waals surface area contributed by atoms with Crippen LogP contribution in [0.3, 0.4) is 0 Å². The highest BCUT2D eigenvalue weighted by atomic mass is 16.6. The van der Waals surface area contributed by atoms with Crippen LogP contribution in [-0.4, -0.2) is 37.0 Å². The maximum Gasteiger partial charge on any atom is 0.306 e. The van der Waals surface area contributed by atoms with Crippen LogP contribution in [0.4, 0.5) is 0 Å². The first-order valence-electron chi connectivity index (χ1n) is 14.9. The maximum absolute atomic E-state index is 12.0. The SMILES string of the molecule is CC/C=C\C/C=C\C/C=C\C/C=C\CCC(=O)OC(CO)COCCCCCCCC/C=C\CCCC. The summed E-state index contributed by atoms with van der Waals surface area (Å²) in [5, 5.41) is 9.47. The van der Waals surface area contributed by atoms with E-state index in [4.69, 9.17) is 9.47 Å². The van der Waals surface area contributed by atoms with Crippen LogP contribution in [-0.2, 0) is 14.3 Å². The van der Waals surface area contributed by atoms with Gasteiger partial charge in [0.1, 0.15) is 6.10 Å². The number of esters is 1. The summed E-state index contributed by atoms with van der Waals surface area (Å²) in [6.07, 6.45) is 38.3. The molecule has 0 saturated carbocycles. The number of aliphatic hydroxyl groups excluding tert-OH is 1. The Hall–Kier alpha value is -1.91. The average molecular weight is 517 g/mol. The van der Waals surface area contributed by atoms with E-state index < -0.39 is 6.10 Å². The molecular formula is C33H56O4. The first kappa shape index (κ1) is 35.1. The topological polar surface area (TPSA) is 55.8 Å². The van der Waals surface area contributed by atoms with Crippen LogP contribution in [0.15, 0.2) is 60.8 Å². The molecule has 0 aliphatic rings. The summed E-state index contributed by atoms with van der Waals surface area (Å²) in [6, 6.07) is 0. The van der Waals surface area contributed by atoms with E-state index in [1.165, 1.54) is 51.4 Å². The van der Waals surface area contributed by atoms with Crippen molar-refractivity contribution in [1.82, 2.24) is 0 Å². The minimum Gasteiger partial charge on any atom is -0.457 e. The molecule has 0 amide bonds. The van der Waals surface area contributed by atoms with Gasteiger partial charge < -0.3 is 14.6 Å². The van der Waals surface area contributed by atoms with Crippen LogP contribution < -0.4 is 0 Å². The van der Waals surface area contributed by atoms with E-state index in [-0.39, 0.29) is 19.2 Å². The first-order valence-corrected chi connectivity index (χ1v) is 14.9. The standard InChI is InChI=1S/C33H56O4/c1-3-5-7-9-11-13-15-17-18-20-22-24-26-28-33(35)37-32(30-34)31-36-29-27-25-23-21-19-16-14-12-10-8-6-4-2/h5,7,10-13,17-18,22,24,32,34H,3-4,6,8-9,14-16,19-21,23,25-31H2,1-2H3/b7-5-,12-10-,13-11-,18-17-,24-22-. The molecule has 1 atom stereocenters. The minimum atomic E-state index is -0.574. The summed E-state index contributed by atoms with van der Waals surface area (Å²) < 4.78 is 11.0. The Morgan fingerprint density at radius 2 is 1.22 bits per heavy atom. The summed E-state index contributed by atoms with van der Waals surface area (Å²) >= 11 is 0. The highest BCUT2D eigenvalue weighted by Crippen LogP contribution is 2.09. The second kappa shape index (κ2) is 30.3. The molecule has 0 spiro atoms. The molecule has 0 aromatic heterocycles. The van der Waals surface area contributed by atoms with E-state index in [0.29, 0.717) is 19.4 Å². The zero-order valence-corrected chi connectivity index (χ0v) is 24.0. The fourth-order valence-electron chi connectivity index (χ4n) is 3.61. The van der Waals surface area contributed by atoms with Gasteiger partial charge in [0.25, 0.3) is 0 Å². The van der Waals surface area contributed by atoms with Crippen LogP contribution in [0.25, 0.3) is 0 Å². The lowest BCUT2D eigenvalue weighted by atomic mass is 10.1. The number of unbranched alkanes of at least 4 members (excludes halogenated alkanes) is 8. The van der Waals surface area contributed by atoms with Crippen LogP contribution in [0, 0.1) is 0 Å². The third kappa shape index (κ3) is 28.5. The number of rotatable bonds is 26. The van der Waals surface area contributed by atoms with E-state index in [9.17, 15) is 9.90 Å². The van der Waals surface area contributed by atoms with Crippen LogP contribution in [0.1, 0.15) is 117 Å². The molecule has 212 valence electrons. The predicted molar refractivity (Wildman–Crippen MR) is 159 cm³/mol. The molecule has 1 unspecified atom stereocenters. The Morgan fingerprint density at radius 3 is 1.84 bits per heavy atom. The number of hydrogen-bond donors (Lipinski definition) is 1. The molecule has 4 nitrogen and oxygen atoms in total. The van der Waals surface area contributed by atoms with E-state index in [1.54, 1.807) is 0 Å². The van der Waals surface area contributed by atoms with Crippen molar-refractivity contribution in [3.63, 3.8) is 0 Å². The molecule has 0 radical (unpaired) electrons. The first-order chi connectivity index (χ1) is 18.2. The molecular weight excluding hydrogens is 460 g/mol. The third-order valence-corrected chi connectivity index (χ3v) is 5.84. The van der Waals surface area contributed by atoms with E-state index in [0.717, 1.165) is 38.5 Å². The molecule has 0 fully saturated rings. The zero-order valence-electron chi connectivity index (χ0n) is 24.0. The van der Waals surface area contributed by atoms with Gasteiger partial charge in [0.05, 0.1) is 13.2 Å². The van der Waals surface area contributed by atoms with Crippen molar-refractivity contribution >= 4 is 5.97 Å². The Kier molecular flexibility index (Phi) is 28.7. The summed E-state index contributed by atoms with van der Waals surface area (Å²) in [5.74, 6) is -0.287. The number of carbonyl (C=O) groups is 1. The fourth-order valence-corrected chi connectivity index (χ4v) is 3.61. The lowest BCUT2D eigenvalue weighted by molar-refractivity contribution is -0.154. The monoisotopic (exact) mass is 516 g/mol. The molecule has 0 rings (SSSR count). The van der Waals surface area contributed by atoms with Crippen molar-refractivity contribution in [1.29, 1.82) is 0 Å². The summed E-state index contributed by atoms with van der Waals surface area (Å²) in [6.45, 7) is 5.07. The molecule has 0 aliphatic heterocycles. The van der Waals surface area contributed by atoms with Crippen molar-refractivity contribution in [2.24, 2.45) is 0 Å². The highest BCUT2D eigenvalue weighted by Gasteiger charge is 2.13. The van der Waals surface area contributed by atoms with Gasteiger partial charge in [-0.05, 0) is 57.8 Å². The molecule has 0 bridgehead atoms. The largest absolute Gasteiger partial charge is 0.457 e. The Balaban J connectivity index is 3.63. The smallest absolute Gasteiger partial charge is 0.306 e. The van der Waals surface area contributed by atoms with Crippen molar-refractivity contribution in [2.45, 2.75) is 123 Å². The Bertz CT molecular complexity index is 630. The van der Waals surface area contributed by atoms with E-state index in [2.05, 4.69) is 68.5 Å². The third-order valence-electron chi connectivity index (χ3n) is 5.84. The van der Waals surface area contributed by atoms with E-state index >= 15 is 0 Å². The van der Waals surface area contributed by atoms with Gasteiger partial charge in [0.15, 0.2) is 0 Å². The van der Waals surface area contributed by atoms with Gasteiger partial charge in [-0.15, -0.1) is 0 Å². The fraction of sp³-hybridized carbons (Fsp3) is 0.667. The number of allylic oxidation sites excluding steroid dienone is 10. The average Bonchev–Trinajstić information content (AvgIpc) is 2.90. The number of hydrogen-bond acceptors (Lipinski definition) is 4. The number of aliphatic hydroxyl groups is 1. The Labute approximate surface area is 228 Å². The second-order valence-corrected chi connectivity index (χ2v) is 9.43. The zero-order chi connectivity index (χ0) is 27.1. The normalized spacial score (nSPS) is 13.3. The minimum absolute atomic E-state index is 0.206.